The second-order valence-electron chi connectivity index (χ2n) is 6.13. The van der Waals surface area contributed by atoms with E-state index in [1.54, 1.807) is 44.0 Å². The molecule has 2 N–H and O–H groups in total. The molecule has 1 aromatic heterocycles. The van der Waals surface area contributed by atoms with E-state index in [0.29, 0.717) is 29.8 Å². The fourth-order valence-corrected chi connectivity index (χ4v) is 4.19. The first-order valence-electron chi connectivity index (χ1n) is 8.04. The summed E-state index contributed by atoms with van der Waals surface area (Å²) in [6, 6.07) is 7.19. The number of hydrogen-bond acceptors (Lipinski definition) is 5. The fourth-order valence-electron chi connectivity index (χ4n) is 3.00. The molecule has 2 heterocycles. The molecule has 0 atom stereocenters. The third-order valence-corrected chi connectivity index (χ3v) is 5.55. The van der Waals surface area contributed by atoms with Crippen LogP contribution in [0.1, 0.15) is 28.9 Å². The number of carboxylic acids is 1. The number of methoxy groups -OCH3 is 1. The molecule has 0 radical (unpaired) electrons. The van der Waals surface area contributed by atoms with Gasteiger partial charge < -0.3 is 15.2 Å². The van der Waals surface area contributed by atoms with Crippen LogP contribution in [0.25, 0.3) is 10.9 Å². The lowest BCUT2D eigenvalue weighted by atomic mass is 9.91. The lowest BCUT2D eigenvalue weighted by molar-refractivity contribution is -0.144. The zero-order valence-electron chi connectivity index (χ0n) is 14.2. The van der Waals surface area contributed by atoms with Crippen molar-refractivity contribution in [3.05, 3.63) is 35.5 Å². The number of carbonyl (C=O) groups is 2. The van der Waals surface area contributed by atoms with Crippen LogP contribution in [0.4, 0.5) is 0 Å². The molecule has 1 aliphatic heterocycles. The highest BCUT2D eigenvalue weighted by molar-refractivity contribution is 7.99. The Balaban J connectivity index is 1.93. The minimum atomic E-state index is -1.19. The molecule has 0 saturated carbocycles. The first kappa shape index (κ1) is 17.5. The summed E-state index contributed by atoms with van der Waals surface area (Å²) in [4.78, 5) is 29.0. The van der Waals surface area contributed by atoms with Crippen LogP contribution in [0, 0.1) is 6.92 Å². The van der Waals surface area contributed by atoms with E-state index in [0.717, 1.165) is 22.4 Å². The van der Waals surface area contributed by atoms with E-state index in [-0.39, 0.29) is 0 Å². The summed E-state index contributed by atoms with van der Waals surface area (Å²) in [5.41, 5.74) is 0.500. The lowest BCUT2D eigenvalue weighted by Crippen LogP contribution is -2.56. The van der Waals surface area contributed by atoms with Gasteiger partial charge in [0.2, 0.25) is 0 Å². The smallest absolute Gasteiger partial charge is 0.329 e. The molecule has 132 valence electrons. The number of carbonyl (C=O) groups excluding carboxylic acids is 1. The van der Waals surface area contributed by atoms with E-state index >= 15 is 0 Å². The Hall–Kier alpha value is -2.28. The van der Waals surface area contributed by atoms with Crippen LogP contribution in [0.15, 0.2) is 24.3 Å². The molecule has 0 unspecified atom stereocenters. The number of nitrogens with zero attached hydrogens (tertiary/aromatic N) is 1. The Labute approximate surface area is 150 Å². The Bertz CT molecular complexity index is 831. The number of fused-ring (bicyclic) bond motifs is 1. The van der Waals surface area contributed by atoms with Gasteiger partial charge >= 0.3 is 5.97 Å². The van der Waals surface area contributed by atoms with Crippen molar-refractivity contribution in [2.75, 3.05) is 18.6 Å². The van der Waals surface area contributed by atoms with Crippen molar-refractivity contribution in [3.8, 4) is 5.75 Å². The monoisotopic (exact) mass is 360 g/mol. The normalized spacial score (nSPS) is 16.4. The van der Waals surface area contributed by atoms with E-state index in [4.69, 9.17) is 4.74 Å². The molecule has 3 rings (SSSR count). The summed E-state index contributed by atoms with van der Waals surface area (Å²) in [6.07, 6.45) is 0.853. The van der Waals surface area contributed by atoms with Crippen LogP contribution in [-0.4, -0.2) is 46.1 Å². The maximum atomic E-state index is 12.8. The predicted octanol–water partition coefficient (Wildman–Crippen LogP) is 2.63. The van der Waals surface area contributed by atoms with Crippen LogP contribution in [0.3, 0.4) is 0 Å². The average molecular weight is 360 g/mol. The Morgan fingerprint density at radius 2 is 2.00 bits per heavy atom. The molecule has 25 heavy (non-hydrogen) atoms. The summed E-state index contributed by atoms with van der Waals surface area (Å²) in [5, 5.41) is 13.2. The molecule has 1 saturated heterocycles. The van der Waals surface area contributed by atoms with Crippen molar-refractivity contribution in [2.45, 2.75) is 25.3 Å². The third-order valence-electron chi connectivity index (χ3n) is 4.57. The van der Waals surface area contributed by atoms with Gasteiger partial charge in [0, 0.05) is 11.5 Å². The molecule has 0 spiro atoms. The average Bonchev–Trinajstić information content (AvgIpc) is 2.61. The summed E-state index contributed by atoms with van der Waals surface area (Å²) < 4.78 is 5.19. The summed E-state index contributed by atoms with van der Waals surface area (Å²) in [5.74, 6) is 0.776. The number of carboxylic acid groups (broad SMARTS) is 1. The van der Waals surface area contributed by atoms with Crippen molar-refractivity contribution in [1.82, 2.24) is 10.3 Å². The first-order chi connectivity index (χ1) is 11.9. The van der Waals surface area contributed by atoms with Crippen molar-refractivity contribution in [1.29, 1.82) is 0 Å². The van der Waals surface area contributed by atoms with Gasteiger partial charge in [0.25, 0.3) is 5.91 Å². The lowest BCUT2D eigenvalue weighted by Gasteiger charge is -2.33. The van der Waals surface area contributed by atoms with Gasteiger partial charge in [0.15, 0.2) is 0 Å². The molecule has 6 nitrogen and oxygen atoms in total. The number of ether oxygens (including phenoxy) is 1. The number of amides is 1. The van der Waals surface area contributed by atoms with Crippen molar-refractivity contribution < 1.29 is 19.4 Å². The van der Waals surface area contributed by atoms with E-state index in [9.17, 15) is 14.7 Å². The SMILES string of the molecule is COc1ccc2cc(C(=O)NC3(C(=O)O)CCSCC3)c(C)nc2c1. The van der Waals surface area contributed by atoms with Gasteiger partial charge in [-0.25, -0.2) is 4.79 Å². The largest absolute Gasteiger partial charge is 0.497 e. The van der Waals surface area contributed by atoms with E-state index < -0.39 is 17.4 Å². The summed E-state index contributed by atoms with van der Waals surface area (Å²) >= 11 is 1.71. The summed E-state index contributed by atoms with van der Waals surface area (Å²) in [7, 11) is 1.59. The number of aryl methyl sites for hydroxylation is 1. The van der Waals surface area contributed by atoms with Gasteiger partial charge in [-0.3, -0.25) is 9.78 Å². The number of benzene rings is 1. The molecule has 0 bridgehead atoms. The van der Waals surface area contributed by atoms with Crippen molar-refractivity contribution in [2.24, 2.45) is 0 Å². The number of aromatic nitrogens is 1. The first-order valence-corrected chi connectivity index (χ1v) is 9.20. The minimum absolute atomic E-state index is 0.392. The van der Waals surface area contributed by atoms with Gasteiger partial charge in [-0.1, -0.05) is 0 Å². The number of hydrogen-bond donors (Lipinski definition) is 2. The number of pyridine rings is 1. The molecular weight excluding hydrogens is 340 g/mol. The highest BCUT2D eigenvalue weighted by Gasteiger charge is 2.41. The minimum Gasteiger partial charge on any atom is -0.497 e. The number of aliphatic carboxylic acids is 1. The highest BCUT2D eigenvalue weighted by atomic mass is 32.2. The quantitative estimate of drug-likeness (QED) is 0.871. The van der Waals surface area contributed by atoms with Crippen LogP contribution >= 0.6 is 11.8 Å². The standard InChI is InChI=1S/C18H20N2O4S/c1-11-14(9-12-3-4-13(24-2)10-15(12)19-11)16(21)20-18(17(22)23)5-7-25-8-6-18/h3-4,9-10H,5-8H2,1-2H3,(H,20,21)(H,22,23). The van der Waals surface area contributed by atoms with Gasteiger partial charge in [-0.15, -0.1) is 0 Å². The number of rotatable bonds is 4. The maximum Gasteiger partial charge on any atom is 0.329 e. The molecular formula is C18H20N2O4S. The van der Waals surface area contributed by atoms with Gasteiger partial charge in [0.1, 0.15) is 11.3 Å². The fraction of sp³-hybridized carbons (Fsp3) is 0.389. The van der Waals surface area contributed by atoms with Crippen LogP contribution < -0.4 is 10.1 Å². The molecule has 7 heteroatoms. The number of nitrogens with one attached hydrogen (secondary N) is 1. The van der Waals surface area contributed by atoms with Gasteiger partial charge in [-0.05, 0) is 49.5 Å². The predicted molar refractivity (Wildman–Crippen MR) is 97.4 cm³/mol. The topological polar surface area (TPSA) is 88.5 Å². The molecule has 1 aromatic carbocycles. The Morgan fingerprint density at radius 3 is 2.64 bits per heavy atom. The molecule has 1 amide bonds. The number of thioether (sulfide) groups is 1. The second kappa shape index (κ2) is 6.92. The molecule has 1 aliphatic rings. The summed E-state index contributed by atoms with van der Waals surface area (Å²) in [6.45, 7) is 1.75. The van der Waals surface area contributed by atoms with E-state index in [2.05, 4.69) is 10.3 Å². The van der Waals surface area contributed by atoms with Crippen LogP contribution in [-0.2, 0) is 4.79 Å². The Kier molecular flexibility index (Phi) is 4.85. The van der Waals surface area contributed by atoms with Crippen molar-refractivity contribution in [3.63, 3.8) is 0 Å². The highest BCUT2D eigenvalue weighted by Crippen LogP contribution is 2.28. The van der Waals surface area contributed by atoms with Crippen LogP contribution in [0.5, 0.6) is 5.75 Å². The zero-order chi connectivity index (χ0) is 18.0. The molecule has 1 fully saturated rings. The Morgan fingerprint density at radius 1 is 1.28 bits per heavy atom. The van der Waals surface area contributed by atoms with Gasteiger partial charge in [0.05, 0.1) is 23.9 Å². The second-order valence-corrected chi connectivity index (χ2v) is 7.36. The zero-order valence-corrected chi connectivity index (χ0v) is 15.0. The molecule has 0 aliphatic carbocycles. The maximum absolute atomic E-state index is 12.8. The molecule has 2 aromatic rings. The van der Waals surface area contributed by atoms with E-state index in [1.165, 1.54) is 0 Å². The van der Waals surface area contributed by atoms with Crippen LogP contribution in [0.2, 0.25) is 0 Å². The van der Waals surface area contributed by atoms with Crippen molar-refractivity contribution >= 4 is 34.5 Å². The van der Waals surface area contributed by atoms with Gasteiger partial charge in [-0.2, -0.15) is 11.8 Å². The van der Waals surface area contributed by atoms with E-state index in [1.807, 2.05) is 6.07 Å². The third kappa shape index (κ3) is 3.42.